The molecule has 0 aromatic carbocycles. The molecule has 4 nitrogen and oxygen atoms in total. The highest BCUT2D eigenvalue weighted by Gasteiger charge is 2.36. The van der Waals surface area contributed by atoms with Gasteiger partial charge in [0.2, 0.25) is 0 Å². The Morgan fingerprint density at radius 3 is 2.55 bits per heavy atom. The lowest BCUT2D eigenvalue weighted by molar-refractivity contribution is 0.0486. The first-order chi connectivity index (χ1) is 10.6. The molecule has 1 aromatic rings. The number of aromatic nitrogens is 1. The van der Waals surface area contributed by atoms with Crippen molar-refractivity contribution in [3.05, 3.63) is 29.6 Å². The van der Waals surface area contributed by atoms with Crippen LogP contribution in [0.3, 0.4) is 0 Å². The standard InChI is InChI=1S/C18H27N3O/c1-13-6-9-16(11-19-13)18(22)20-10-4-5-17(12-20)21-14(2)7-8-15(21)3/h6,9,11,14-15,17H,4-5,7-8,10,12H2,1-3H3/t14-,15+,17-/m0/s1. The number of likely N-dealkylation sites (tertiary alicyclic amines) is 2. The van der Waals surface area contributed by atoms with Crippen molar-refractivity contribution in [3.8, 4) is 0 Å². The monoisotopic (exact) mass is 301 g/mol. The van der Waals surface area contributed by atoms with Crippen molar-refractivity contribution >= 4 is 5.91 Å². The summed E-state index contributed by atoms with van der Waals surface area (Å²) in [5.74, 6) is 0.136. The number of aryl methyl sites for hydroxylation is 1. The van der Waals surface area contributed by atoms with Crippen molar-refractivity contribution in [3.63, 3.8) is 0 Å². The predicted octanol–water partition coefficient (Wildman–Crippen LogP) is 2.87. The molecule has 0 radical (unpaired) electrons. The summed E-state index contributed by atoms with van der Waals surface area (Å²) in [6.45, 7) is 8.34. The van der Waals surface area contributed by atoms with E-state index in [0.717, 1.165) is 25.2 Å². The second-order valence-electron chi connectivity index (χ2n) is 6.96. The number of carbonyl (C=O) groups is 1. The van der Waals surface area contributed by atoms with E-state index in [4.69, 9.17) is 0 Å². The Hall–Kier alpha value is -1.42. The van der Waals surface area contributed by atoms with Crippen LogP contribution in [0.5, 0.6) is 0 Å². The molecule has 2 saturated heterocycles. The molecule has 1 amide bonds. The number of pyridine rings is 1. The Kier molecular flexibility index (Phi) is 4.48. The van der Waals surface area contributed by atoms with E-state index < -0.39 is 0 Å². The number of rotatable bonds is 2. The summed E-state index contributed by atoms with van der Waals surface area (Å²) in [6, 6.07) is 5.63. The lowest BCUT2D eigenvalue weighted by atomic mass is 10.0. The second kappa shape index (κ2) is 6.37. The summed E-state index contributed by atoms with van der Waals surface area (Å²) in [5, 5.41) is 0. The van der Waals surface area contributed by atoms with Crippen molar-refractivity contribution in [2.75, 3.05) is 13.1 Å². The molecule has 2 fully saturated rings. The number of hydrogen-bond donors (Lipinski definition) is 0. The van der Waals surface area contributed by atoms with Gasteiger partial charge in [-0.1, -0.05) is 0 Å². The molecule has 3 rings (SSSR count). The summed E-state index contributed by atoms with van der Waals surface area (Å²) < 4.78 is 0. The Morgan fingerprint density at radius 1 is 1.18 bits per heavy atom. The van der Waals surface area contributed by atoms with Crippen LogP contribution < -0.4 is 0 Å². The predicted molar refractivity (Wildman–Crippen MR) is 87.9 cm³/mol. The quantitative estimate of drug-likeness (QED) is 0.843. The molecule has 0 bridgehead atoms. The minimum absolute atomic E-state index is 0.136. The van der Waals surface area contributed by atoms with E-state index in [0.29, 0.717) is 23.7 Å². The van der Waals surface area contributed by atoms with Gasteiger partial charge in [0.25, 0.3) is 5.91 Å². The molecule has 0 unspecified atom stereocenters. The Morgan fingerprint density at radius 2 is 1.91 bits per heavy atom. The molecule has 0 N–H and O–H groups in total. The maximum absolute atomic E-state index is 12.7. The van der Waals surface area contributed by atoms with Crippen LogP contribution in [0.1, 0.15) is 55.6 Å². The Balaban J connectivity index is 1.70. The van der Waals surface area contributed by atoms with E-state index in [1.54, 1.807) is 6.20 Å². The Labute approximate surface area is 133 Å². The molecule has 0 spiro atoms. The van der Waals surface area contributed by atoms with Crippen LogP contribution in [-0.2, 0) is 0 Å². The summed E-state index contributed by atoms with van der Waals surface area (Å²) in [7, 11) is 0. The molecule has 120 valence electrons. The molecule has 1 aromatic heterocycles. The molecular weight excluding hydrogens is 274 g/mol. The topological polar surface area (TPSA) is 36.4 Å². The highest BCUT2D eigenvalue weighted by molar-refractivity contribution is 5.94. The molecule has 3 atom stereocenters. The fourth-order valence-corrected chi connectivity index (χ4v) is 4.09. The molecule has 0 saturated carbocycles. The van der Waals surface area contributed by atoms with Crippen LogP contribution in [0.25, 0.3) is 0 Å². The van der Waals surface area contributed by atoms with Crippen LogP contribution >= 0.6 is 0 Å². The maximum atomic E-state index is 12.7. The van der Waals surface area contributed by atoms with Gasteiger partial charge in [-0.25, -0.2) is 0 Å². The average molecular weight is 301 g/mol. The smallest absolute Gasteiger partial charge is 0.255 e. The first-order valence-electron chi connectivity index (χ1n) is 8.55. The van der Waals surface area contributed by atoms with Gasteiger partial charge in [0.1, 0.15) is 0 Å². The van der Waals surface area contributed by atoms with Crippen molar-refractivity contribution in [2.45, 2.75) is 64.6 Å². The van der Waals surface area contributed by atoms with Gasteiger partial charge in [-0.15, -0.1) is 0 Å². The van der Waals surface area contributed by atoms with E-state index in [1.165, 1.54) is 19.3 Å². The molecule has 0 aliphatic carbocycles. The second-order valence-corrected chi connectivity index (χ2v) is 6.96. The summed E-state index contributed by atoms with van der Waals surface area (Å²) >= 11 is 0. The normalized spacial score (nSPS) is 29.8. The summed E-state index contributed by atoms with van der Waals surface area (Å²) in [6.07, 6.45) is 6.60. The lowest BCUT2D eigenvalue weighted by Crippen LogP contribution is -2.52. The minimum atomic E-state index is 0.136. The lowest BCUT2D eigenvalue weighted by Gasteiger charge is -2.41. The molecule has 22 heavy (non-hydrogen) atoms. The number of piperidine rings is 1. The van der Waals surface area contributed by atoms with Gasteiger partial charge >= 0.3 is 0 Å². The van der Waals surface area contributed by atoms with Crippen molar-refractivity contribution < 1.29 is 4.79 Å². The van der Waals surface area contributed by atoms with E-state index in [1.807, 2.05) is 24.0 Å². The van der Waals surface area contributed by atoms with Gasteiger partial charge in [-0.3, -0.25) is 14.7 Å². The maximum Gasteiger partial charge on any atom is 0.255 e. The first-order valence-corrected chi connectivity index (χ1v) is 8.55. The fourth-order valence-electron chi connectivity index (χ4n) is 4.09. The minimum Gasteiger partial charge on any atom is -0.337 e. The van der Waals surface area contributed by atoms with Gasteiger partial charge < -0.3 is 4.90 Å². The van der Waals surface area contributed by atoms with E-state index >= 15 is 0 Å². The van der Waals surface area contributed by atoms with Crippen molar-refractivity contribution in [1.82, 2.24) is 14.8 Å². The number of nitrogens with zero attached hydrogens (tertiary/aromatic N) is 3. The molecule has 4 heteroatoms. The van der Waals surface area contributed by atoms with Gasteiger partial charge in [0, 0.05) is 43.1 Å². The zero-order valence-corrected chi connectivity index (χ0v) is 14.0. The molecule has 2 aliphatic rings. The number of amides is 1. The fraction of sp³-hybridized carbons (Fsp3) is 0.667. The van der Waals surface area contributed by atoms with Crippen LogP contribution in [0.2, 0.25) is 0 Å². The van der Waals surface area contributed by atoms with Gasteiger partial charge in [-0.2, -0.15) is 0 Å². The SMILES string of the molecule is Cc1ccc(C(=O)N2CCC[C@H](N3[C@H](C)CC[C@@H]3C)C2)cn1. The molecule has 2 aliphatic heterocycles. The van der Waals surface area contributed by atoms with Crippen LogP contribution in [0, 0.1) is 6.92 Å². The molecule has 3 heterocycles. The summed E-state index contributed by atoms with van der Waals surface area (Å²) in [5.41, 5.74) is 1.67. The highest BCUT2D eigenvalue weighted by atomic mass is 16.2. The van der Waals surface area contributed by atoms with Crippen LogP contribution in [0.15, 0.2) is 18.3 Å². The van der Waals surface area contributed by atoms with E-state index in [2.05, 4.69) is 23.7 Å². The third-order valence-electron chi connectivity index (χ3n) is 5.28. The van der Waals surface area contributed by atoms with Crippen LogP contribution in [0.4, 0.5) is 0 Å². The zero-order valence-electron chi connectivity index (χ0n) is 14.0. The Bertz CT molecular complexity index is 518. The number of hydrogen-bond acceptors (Lipinski definition) is 3. The van der Waals surface area contributed by atoms with E-state index in [-0.39, 0.29) is 5.91 Å². The highest BCUT2D eigenvalue weighted by Crippen LogP contribution is 2.30. The average Bonchev–Trinajstić information content (AvgIpc) is 2.86. The largest absolute Gasteiger partial charge is 0.337 e. The third kappa shape index (κ3) is 3.02. The van der Waals surface area contributed by atoms with Gasteiger partial charge in [0.05, 0.1) is 5.56 Å². The third-order valence-corrected chi connectivity index (χ3v) is 5.28. The zero-order chi connectivity index (χ0) is 15.7. The van der Waals surface area contributed by atoms with E-state index in [9.17, 15) is 4.79 Å². The van der Waals surface area contributed by atoms with Crippen molar-refractivity contribution in [1.29, 1.82) is 0 Å². The van der Waals surface area contributed by atoms with Crippen molar-refractivity contribution in [2.24, 2.45) is 0 Å². The van der Waals surface area contributed by atoms with Gasteiger partial charge in [-0.05, 0) is 58.6 Å². The molecular formula is C18H27N3O. The summed E-state index contributed by atoms with van der Waals surface area (Å²) in [4.78, 5) is 21.6. The number of carbonyl (C=O) groups excluding carboxylic acids is 1. The van der Waals surface area contributed by atoms with Gasteiger partial charge in [0.15, 0.2) is 0 Å². The van der Waals surface area contributed by atoms with Crippen LogP contribution in [-0.4, -0.2) is 51.9 Å². The first kappa shape index (κ1) is 15.5.